The second kappa shape index (κ2) is 6.50. The van der Waals surface area contributed by atoms with Crippen LogP contribution in [0, 0.1) is 5.82 Å². The molecule has 2 nitrogen and oxygen atoms in total. The molecule has 0 bridgehead atoms. The van der Waals surface area contributed by atoms with Crippen molar-refractivity contribution in [3.05, 3.63) is 68.4 Å². The summed E-state index contributed by atoms with van der Waals surface area (Å²) in [4.78, 5) is 13.8. The fourth-order valence-corrected chi connectivity index (χ4v) is 2.64. The van der Waals surface area contributed by atoms with Crippen molar-refractivity contribution in [3.63, 3.8) is 0 Å². The van der Waals surface area contributed by atoms with Gasteiger partial charge in [-0.05, 0) is 36.4 Å². The zero-order valence-electron chi connectivity index (χ0n) is 10.7. The van der Waals surface area contributed by atoms with E-state index in [1.165, 1.54) is 11.0 Å². The lowest BCUT2D eigenvalue weighted by Gasteiger charge is -2.18. The van der Waals surface area contributed by atoms with Gasteiger partial charge in [0.25, 0.3) is 5.91 Å². The molecule has 0 atom stereocenters. The Labute approximate surface area is 133 Å². The molecular weight excluding hydrogens is 389 g/mol. The molecule has 0 aliphatic carbocycles. The van der Waals surface area contributed by atoms with Crippen LogP contribution >= 0.6 is 31.9 Å². The molecule has 0 aliphatic heterocycles. The molecule has 0 heterocycles. The Hall–Kier alpha value is -1.20. The average molecular weight is 401 g/mol. The van der Waals surface area contributed by atoms with Crippen LogP contribution in [-0.4, -0.2) is 17.9 Å². The summed E-state index contributed by atoms with van der Waals surface area (Å²) in [7, 11) is 1.66. The number of hydrogen-bond donors (Lipinski definition) is 0. The number of carbonyl (C=O) groups excluding carboxylic acids is 1. The summed E-state index contributed by atoms with van der Waals surface area (Å²) < 4.78 is 15.3. The lowest BCUT2D eigenvalue weighted by molar-refractivity contribution is 0.0784. The summed E-state index contributed by atoms with van der Waals surface area (Å²) in [5.41, 5.74) is 1.04. The third kappa shape index (κ3) is 3.67. The zero-order valence-corrected chi connectivity index (χ0v) is 13.9. The van der Waals surface area contributed by atoms with E-state index >= 15 is 0 Å². The van der Waals surface area contributed by atoms with Gasteiger partial charge in [-0.2, -0.15) is 0 Å². The lowest BCUT2D eigenvalue weighted by atomic mass is 10.1. The lowest BCUT2D eigenvalue weighted by Crippen LogP contribution is -2.26. The summed E-state index contributed by atoms with van der Waals surface area (Å²) in [5.74, 6) is -0.465. The Kier molecular flexibility index (Phi) is 4.94. The number of amides is 1. The van der Waals surface area contributed by atoms with Crippen molar-refractivity contribution in [2.45, 2.75) is 6.54 Å². The van der Waals surface area contributed by atoms with Gasteiger partial charge in [0.1, 0.15) is 5.82 Å². The molecule has 0 radical (unpaired) electrons. The highest BCUT2D eigenvalue weighted by Gasteiger charge is 2.14. The third-order valence-corrected chi connectivity index (χ3v) is 3.82. The number of benzene rings is 2. The predicted octanol–water partition coefficient (Wildman–Crippen LogP) is 4.62. The highest BCUT2D eigenvalue weighted by Crippen LogP contribution is 2.18. The van der Waals surface area contributed by atoms with E-state index in [9.17, 15) is 9.18 Å². The molecule has 2 rings (SSSR count). The maximum Gasteiger partial charge on any atom is 0.253 e. The van der Waals surface area contributed by atoms with E-state index in [1.807, 2.05) is 6.07 Å². The average Bonchev–Trinajstić information content (AvgIpc) is 2.42. The molecule has 0 saturated carbocycles. The maximum absolute atomic E-state index is 13.7. The summed E-state index contributed by atoms with van der Waals surface area (Å²) in [5, 5.41) is 0. The second-order valence-electron chi connectivity index (χ2n) is 4.41. The molecule has 2 aromatic carbocycles. The molecule has 0 aromatic heterocycles. The van der Waals surface area contributed by atoms with Gasteiger partial charge in [-0.15, -0.1) is 0 Å². The van der Waals surface area contributed by atoms with E-state index in [4.69, 9.17) is 0 Å². The van der Waals surface area contributed by atoms with Crippen molar-refractivity contribution in [3.8, 4) is 0 Å². The first-order valence-corrected chi connectivity index (χ1v) is 7.51. The number of nitrogens with zero attached hydrogens (tertiary/aromatic N) is 1. The van der Waals surface area contributed by atoms with Gasteiger partial charge in [0.2, 0.25) is 0 Å². The van der Waals surface area contributed by atoms with Gasteiger partial charge in [0, 0.05) is 33.7 Å². The molecule has 0 aliphatic rings. The summed E-state index contributed by atoms with van der Waals surface area (Å²) >= 11 is 6.63. The van der Waals surface area contributed by atoms with Crippen molar-refractivity contribution in [2.75, 3.05) is 7.05 Å². The molecule has 5 heteroatoms. The van der Waals surface area contributed by atoms with Gasteiger partial charge in [-0.25, -0.2) is 4.39 Å². The van der Waals surface area contributed by atoms with Crippen molar-refractivity contribution in [2.24, 2.45) is 0 Å². The second-order valence-corrected chi connectivity index (χ2v) is 6.24. The van der Waals surface area contributed by atoms with Crippen LogP contribution in [0.15, 0.2) is 51.4 Å². The van der Waals surface area contributed by atoms with Crippen molar-refractivity contribution in [1.29, 1.82) is 0 Å². The number of rotatable bonds is 3. The van der Waals surface area contributed by atoms with Crippen molar-refractivity contribution in [1.82, 2.24) is 4.90 Å². The first-order chi connectivity index (χ1) is 9.47. The summed E-state index contributed by atoms with van der Waals surface area (Å²) in [6.45, 7) is 0.219. The molecule has 0 unspecified atom stereocenters. The molecule has 0 fully saturated rings. The Morgan fingerprint density at radius 1 is 1.15 bits per heavy atom. The monoisotopic (exact) mass is 399 g/mol. The van der Waals surface area contributed by atoms with Gasteiger partial charge in [0.05, 0.1) is 0 Å². The molecule has 104 valence electrons. The van der Waals surface area contributed by atoms with E-state index in [1.54, 1.807) is 37.4 Å². The maximum atomic E-state index is 13.7. The van der Waals surface area contributed by atoms with E-state index in [0.29, 0.717) is 11.1 Å². The van der Waals surface area contributed by atoms with E-state index in [-0.39, 0.29) is 18.3 Å². The zero-order chi connectivity index (χ0) is 14.7. The summed E-state index contributed by atoms with van der Waals surface area (Å²) in [6, 6.07) is 11.8. The smallest absolute Gasteiger partial charge is 0.253 e. The Balaban J connectivity index is 2.17. The first kappa shape index (κ1) is 15.2. The van der Waals surface area contributed by atoms with Crippen LogP contribution in [0.4, 0.5) is 4.39 Å². The van der Waals surface area contributed by atoms with E-state index in [0.717, 1.165) is 8.95 Å². The molecule has 1 amide bonds. The van der Waals surface area contributed by atoms with Crippen LogP contribution in [0.5, 0.6) is 0 Å². The molecule has 0 N–H and O–H groups in total. The van der Waals surface area contributed by atoms with Crippen LogP contribution in [-0.2, 0) is 6.54 Å². The van der Waals surface area contributed by atoms with E-state index in [2.05, 4.69) is 31.9 Å². The highest BCUT2D eigenvalue weighted by molar-refractivity contribution is 9.10. The fourth-order valence-electron chi connectivity index (χ4n) is 1.83. The largest absolute Gasteiger partial charge is 0.337 e. The minimum Gasteiger partial charge on any atom is -0.337 e. The predicted molar refractivity (Wildman–Crippen MR) is 84.0 cm³/mol. The Morgan fingerprint density at radius 2 is 1.85 bits per heavy atom. The molecule has 0 spiro atoms. The molecule has 0 saturated heterocycles. The van der Waals surface area contributed by atoms with Crippen LogP contribution in [0.3, 0.4) is 0 Å². The van der Waals surface area contributed by atoms with Gasteiger partial charge in [-0.1, -0.05) is 37.9 Å². The van der Waals surface area contributed by atoms with E-state index < -0.39 is 0 Å². The number of carbonyl (C=O) groups is 1. The minimum absolute atomic E-state index is 0.148. The molecular formula is C15H12Br2FNO. The van der Waals surface area contributed by atoms with Gasteiger partial charge in [0.15, 0.2) is 0 Å². The topological polar surface area (TPSA) is 20.3 Å². The third-order valence-electron chi connectivity index (χ3n) is 2.83. The van der Waals surface area contributed by atoms with Crippen LogP contribution < -0.4 is 0 Å². The Bertz CT molecular complexity index is 646. The number of hydrogen-bond acceptors (Lipinski definition) is 1. The normalized spacial score (nSPS) is 10.4. The standard InChI is InChI=1S/C15H12Br2FNO/c1-19(9-11-8-13(17)5-6-14(11)18)15(20)10-3-2-4-12(16)7-10/h2-8H,9H2,1H3. The first-order valence-electron chi connectivity index (χ1n) is 5.92. The number of halogens is 3. The van der Waals surface area contributed by atoms with Crippen LogP contribution in [0.25, 0.3) is 0 Å². The molecule has 2 aromatic rings. The highest BCUT2D eigenvalue weighted by atomic mass is 79.9. The molecule has 20 heavy (non-hydrogen) atoms. The van der Waals surface area contributed by atoms with Crippen molar-refractivity contribution < 1.29 is 9.18 Å². The van der Waals surface area contributed by atoms with Crippen LogP contribution in [0.2, 0.25) is 0 Å². The van der Waals surface area contributed by atoms with Crippen LogP contribution in [0.1, 0.15) is 15.9 Å². The Morgan fingerprint density at radius 3 is 2.55 bits per heavy atom. The van der Waals surface area contributed by atoms with Gasteiger partial charge < -0.3 is 4.90 Å². The van der Waals surface area contributed by atoms with Gasteiger partial charge >= 0.3 is 0 Å². The summed E-state index contributed by atoms with van der Waals surface area (Å²) in [6.07, 6.45) is 0. The quantitative estimate of drug-likeness (QED) is 0.735. The SMILES string of the molecule is CN(Cc1cc(Br)ccc1F)C(=O)c1cccc(Br)c1. The van der Waals surface area contributed by atoms with Crippen molar-refractivity contribution >= 4 is 37.8 Å². The minimum atomic E-state index is -0.318. The van der Waals surface area contributed by atoms with Gasteiger partial charge in [-0.3, -0.25) is 4.79 Å². The fraction of sp³-hybridized carbons (Fsp3) is 0.133.